The zero-order chi connectivity index (χ0) is 9.26. The smallest absolute Gasteiger partial charge is 0.0920 e. The predicted octanol–water partition coefficient (Wildman–Crippen LogP) is 2.49. The van der Waals surface area contributed by atoms with Crippen LogP contribution in [0, 0.1) is 5.92 Å². The second-order valence-electron chi connectivity index (χ2n) is 4.04. The van der Waals surface area contributed by atoms with Gasteiger partial charge in [0.2, 0.25) is 0 Å². The van der Waals surface area contributed by atoms with Gasteiger partial charge in [0.15, 0.2) is 0 Å². The van der Waals surface area contributed by atoms with E-state index in [2.05, 4.69) is 13.5 Å². The summed E-state index contributed by atoms with van der Waals surface area (Å²) < 4.78 is 11.0. The van der Waals surface area contributed by atoms with E-state index in [1.54, 1.807) is 0 Å². The number of epoxide rings is 1. The highest BCUT2D eigenvalue weighted by Gasteiger charge is 2.44. The zero-order valence-electron chi connectivity index (χ0n) is 8.29. The molecule has 1 aliphatic heterocycles. The molecule has 2 rings (SSSR count). The molecule has 1 aliphatic carbocycles. The fourth-order valence-corrected chi connectivity index (χ4v) is 2.05. The highest BCUT2D eigenvalue weighted by atomic mass is 16.6. The molecule has 3 unspecified atom stereocenters. The van der Waals surface area contributed by atoms with Gasteiger partial charge in [-0.2, -0.15) is 0 Å². The molecule has 2 aliphatic rings. The van der Waals surface area contributed by atoms with E-state index in [1.807, 2.05) is 0 Å². The number of rotatable bonds is 4. The van der Waals surface area contributed by atoms with Gasteiger partial charge in [0.25, 0.3) is 0 Å². The molecule has 13 heavy (non-hydrogen) atoms. The highest BCUT2D eigenvalue weighted by molar-refractivity contribution is 5.01. The van der Waals surface area contributed by atoms with E-state index in [1.165, 1.54) is 12.8 Å². The fourth-order valence-electron chi connectivity index (χ4n) is 2.05. The molecule has 2 nitrogen and oxygen atoms in total. The largest absolute Gasteiger partial charge is 0.498 e. The van der Waals surface area contributed by atoms with Crippen LogP contribution in [0.4, 0.5) is 0 Å². The maximum absolute atomic E-state index is 5.55. The lowest BCUT2D eigenvalue weighted by Crippen LogP contribution is -2.16. The number of hydrogen-bond donors (Lipinski definition) is 0. The molecular formula is C11H18O2. The van der Waals surface area contributed by atoms with Gasteiger partial charge < -0.3 is 9.47 Å². The molecule has 0 spiro atoms. The third-order valence-corrected chi connectivity index (χ3v) is 2.95. The first-order valence-electron chi connectivity index (χ1n) is 5.28. The molecule has 1 saturated carbocycles. The van der Waals surface area contributed by atoms with Gasteiger partial charge in [-0.3, -0.25) is 0 Å². The van der Waals surface area contributed by atoms with E-state index in [4.69, 9.17) is 9.47 Å². The number of allylic oxidation sites excluding steroid dienone is 1. The molecule has 2 heteroatoms. The quantitative estimate of drug-likeness (QED) is 0.492. The van der Waals surface area contributed by atoms with Gasteiger partial charge in [-0.05, 0) is 25.7 Å². The zero-order valence-corrected chi connectivity index (χ0v) is 8.29. The Morgan fingerprint density at radius 2 is 2.31 bits per heavy atom. The third-order valence-electron chi connectivity index (χ3n) is 2.95. The molecule has 0 aromatic heterocycles. The highest BCUT2D eigenvalue weighted by Crippen LogP contribution is 2.41. The molecule has 0 aromatic rings. The lowest BCUT2D eigenvalue weighted by molar-refractivity contribution is 0.166. The Labute approximate surface area is 79.9 Å². The van der Waals surface area contributed by atoms with Gasteiger partial charge in [-0.25, -0.2) is 0 Å². The van der Waals surface area contributed by atoms with Crippen molar-refractivity contribution >= 4 is 0 Å². The van der Waals surface area contributed by atoms with Gasteiger partial charge in [-0.1, -0.05) is 13.5 Å². The fraction of sp³-hybridized carbons (Fsp3) is 0.818. The summed E-state index contributed by atoms with van der Waals surface area (Å²) in [5.74, 6) is 1.53. The minimum Gasteiger partial charge on any atom is -0.498 e. The summed E-state index contributed by atoms with van der Waals surface area (Å²) in [4.78, 5) is 0. The Morgan fingerprint density at radius 1 is 1.46 bits per heavy atom. The maximum Gasteiger partial charge on any atom is 0.0920 e. The summed E-state index contributed by atoms with van der Waals surface area (Å²) in [5, 5.41) is 0. The molecule has 1 saturated heterocycles. The van der Waals surface area contributed by atoms with Gasteiger partial charge >= 0.3 is 0 Å². The molecular weight excluding hydrogens is 164 g/mol. The third kappa shape index (κ3) is 2.05. The van der Waals surface area contributed by atoms with Crippen LogP contribution < -0.4 is 0 Å². The molecule has 0 amide bonds. The van der Waals surface area contributed by atoms with Crippen LogP contribution in [0.2, 0.25) is 0 Å². The van der Waals surface area contributed by atoms with Gasteiger partial charge in [0, 0.05) is 5.92 Å². The number of fused-ring (bicyclic) bond motifs is 1. The minimum absolute atomic E-state index is 0.528. The van der Waals surface area contributed by atoms with E-state index in [9.17, 15) is 0 Å². The van der Waals surface area contributed by atoms with Crippen molar-refractivity contribution in [3.05, 3.63) is 12.3 Å². The second kappa shape index (κ2) is 3.70. The van der Waals surface area contributed by atoms with E-state index < -0.39 is 0 Å². The van der Waals surface area contributed by atoms with E-state index in [0.29, 0.717) is 18.1 Å². The van der Waals surface area contributed by atoms with Crippen LogP contribution in [0.1, 0.15) is 32.6 Å². The van der Waals surface area contributed by atoms with Crippen LogP contribution in [-0.2, 0) is 9.47 Å². The first-order chi connectivity index (χ1) is 6.31. The summed E-state index contributed by atoms with van der Waals surface area (Å²) in [6.07, 6.45) is 5.70. The van der Waals surface area contributed by atoms with Crippen molar-refractivity contribution in [2.75, 3.05) is 6.61 Å². The summed E-state index contributed by atoms with van der Waals surface area (Å²) in [6.45, 7) is 6.92. The molecule has 0 bridgehead atoms. The van der Waals surface area contributed by atoms with Crippen molar-refractivity contribution in [2.24, 2.45) is 5.92 Å². The average Bonchev–Trinajstić information content (AvgIpc) is 2.91. The lowest BCUT2D eigenvalue weighted by atomic mass is 9.88. The Morgan fingerprint density at radius 3 is 3.00 bits per heavy atom. The SMILES string of the molecule is C=C(OCCC)C1CCC2OC2C1. The van der Waals surface area contributed by atoms with Gasteiger partial charge in [0.05, 0.1) is 24.6 Å². The van der Waals surface area contributed by atoms with E-state index in [0.717, 1.165) is 25.2 Å². The standard InChI is InChI=1S/C11H18O2/c1-3-6-12-8(2)9-4-5-10-11(7-9)13-10/h9-11H,2-7H2,1H3. The molecule has 2 fully saturated rings. The number of hydrogen-bond acceptors (Lipinski definition) is 2. The molecule has 74 valence electrons. The minimum atomic E-state index is 0.528. The van der Waals surface area contributed by atoms with Crippen LogP contribution >= 0.6 is 0 Å². The molecule has 0 aromatic carbocycles. The second-order valence-corrected chi connectivity index (χ2v) is 4.04. The Balaban J connectivity index is 1.75. The van der Waals surface area contributed by atoms with Crippen LogP contribution in [0.15, 0.2) is 12.3 Å². The molecule has 1 heterocycles. The summed E-state index contributed by atoms with van der Waals surface area (Å²) >= 11 is 0. The molecule has 0 radical (unpaired) electrons. The lowest BCUT2D eigenvalue weighted by Gasteiger charge is -2.21. The Hall–Kier alpha value is -0.500. The first-order valence-corrected chi connectivity index (χ1v) is 5.28. The summed E-state index contributed by atoms with van der Waals surface area (Å²) in [6, 6.07) is 0. The van der Waals surface area contributed by atoms with Gasteiger partial charge in [-0.15, -0.1) is 0 Å². The van der Waals surface area contributed by atoms with Crippen LogP contribution in [0.5, 0.6) is 0 Å². The van der Waals surface area contributed by atoms with Crippen molar-refractivity contribution in [3.63, 3.8) is 0 Å². The van der Waals surface area contributed by atoms with Crippen LogP contribution in [0.25, 0.3) is 0 Å². The van der Waals surface area contributed by atoms with Crippen molar-refractivity contribution in [3.8, 4) is 0 Å². The average molecular weight is 182 g/mol. The first kappa shape index (κ1) is 9.07. The summed E-state index contributed by atoms with van der Waals surface area (Å²) in [7, 11) is 0. The van der Waals surface area contributed by atoms with Crippen LogP contribution in [0.3, 0.4) is 0 Å². The Bertz CT molecular complexity index is 200. The normalized spacial score (nSPS) is 36.5. The van der Waals surface area contributed by atoms with Crippen molar-refractivity contribution in [1.82, 2.24) is 0 Å². The summed E-state index contributed by atoms with van der Waals surface area (Å²) in [5.41, 5.74) is 0. The van der Waals surface area contributed by atoms with Crippen molar-refractivity contribution in [1.29, 1.82) is 0 Å². The Kier molecular flexibility index (Phi) is 2.58. The molecule has 0 N–H and O–H groups in total. The number of ether oxygens (including phenoxy) is 2. The maximum atomic E-state index is 5.55. The monoisotopic (exact) mass is 182 g/mol. The van der Waals surface area contributed by atoms with Crippen LogP contribution in [-0.4, -0.2) is 18.8 Å². The topological polar surface area (TPSA) is 21.8 Å². The van der Waals surface area contributed by atoms with Crippen molar-refractivity contribution < 1.29 is 9.47 Å². The van der Waals surface area contributed by atoms with E-state index in [-0.39, 0.29) is 0 Å². The predicted molar refractivity (Wildman–Crippen MR) is 51.4 cm³/mol. The molecule has 3 atom stereocenters. The van der Waals surface area contributed by atoms with E-state index >= 15 is 0 Å². The van der Waals surface area contributed by atoms with Crippen molar-refractivity contribution in [2.45, 2.75) is 44.8 Å². The van der Waals surface area contributed by atoms with Gasteiger partial charge in [0.1, 0.15) is 0 Å².